The number of amides is 1. The molecule has 1 aliphatic rings. The number of sulfonamides is 1. The number of carbonyl (C=O) groups excluding carboxylic acids is 1. The van der Waals surface area contributed by atoms with Gasteiger partial charge >= 0.3 is 12.1 Å². The maximum atomic E-state index is 14.7. The first kappa shape index (κ1) is 26.7. The summed E-state index contributed by atoms with van der Waals surface area (Å²) in [5.41, 5.74) is -0.530. The lowest BCUT2D eigenvalue weighted by Gasteiger charge is -2.33. The van der Waals surface area contributed by atoms with E-state index in [0.717, 1.165) is 18.2 Å². The second-order valence-corrected chi connectivity index (χ2v) is 10.6. The molecule has 1 N–H and O–H groups in total. The van der Waals surface area contributed by atoms with E-state index >= 15 is 0 Å². The van der Waals surface area contributed by atoms with E-state index in [0.29, 0.717) is 35.3 Å². The lowest BCUT2D eigenvalue weighted by molar-refractivity contribution is -0.138. The third-order valence-electron chi connectivity index (χ3n) is 5.70. The van der Waals surface area contributed by atoms with Gasteiger partial charge in [0, 0.05) is 30.6 Å². The highest BCUT2D eigenvalue weighted by Crippen LogP contribution is 2.30. The Bertz CT molecular complexity index is 1170. The molecule has 0 radical (unpaired) electrons. The predicted molar refractivity (Wildman–Crippen MR) is 125 cm³/mol. The van der Waals surface area contributed by atoms with Gasteiger partial charge in [-0.25, -0.2) is 22.0 Å². The number of hydrogen-bond acceptors (Lipinski definition) is 5. The Morgan fingerprint density at radius 3 is 2.40 bits per heavy atom. The number of anilines is 1. The molecule has 12 heteroatoms. The van der Waals surface area contributed by atoms with Gasteiger partial charge in [-0.2, -0.15) is 0 Å². The van der Waals surface area contributed by atoms with Gasteiger partial charge in [-0.1, -0.05) is 11.6 Å². The van der Waals surface area contributed by atoms with Crippen molar-refractivity contribution in [2.75, 3.05) is 24.0 Å². The molecule has 35 heavy (non-hydrogen) atoms. The van der Waals surface area contributed by atoms with Crippen molar-refractivity contribution in [3.8, 4) is 0 Å². The summed E-state index contributed by atoms with van der Waals surface area (Å²) < 4.78 is 61.4. The van der Waals surface area contributed by atoms with E-state index < -0.39 is 52.1 Å². The van der Waals surface area contributed by atoms with Gasteiger partial charge in [0.2, 0.25) is 0 Å². The summed E-state index contributed by atoms with van der Waals surface area (Å²) in [6.45, 7) is 1.58. The molecule has 1 fully saturated rings. The topological polar surface area (TPSA) is 104 Å². The first-order valence-electron chi connectivity index (χ1n) is 10.9. The standard InChI is InChI=1S/C23H25ClF2N2O6S/c1-15(14-34-23(31)27-10-8-16(9-11-27)12-22(29)30)28(21-13-18(25)4-7-20(21)26)35(32,33)19-5-2-17(24)3-6-19/h2-7,13,15-16H,8-12,14H2,1H3,(H,29,30)/t15-/m0/s1. The van der Waals surface area contributed by atoms with Crippen molar-refractivity contribution in [1.29, 1.82) is 0 Å². The number of ether oxygens (including phenoxy) is 1. The van der Waals surface area contributed by atoms with E-state index in [1.807, 2.05) is 0 Å². The number of carbonyl (C=O) groups is 2. The molecule has 1 atom stereocenters. The second-order valence-electron chi connectivity index (χ2n) is 8.30. The average molecular weight is 531 g/mol. The normalized spacial score (nSPS) is 15.5. The monoisotopic (exact) mass is 530 g/mol. The molecule has 0 bridgehead atoms. The van der Waals surface area contributed by atoms with Crippen LogP contribution in [0.2, 0.25) is 5.02 Å². The molecule has 1 saturated heterocycles. The zero-order valence-electron chi connectivity index (χ0n) is 18.9. The maximum Gasteiger partial charge on any atom is 0.409 e. The molecule has 0 saturated carbocycles. The van der Waals surface area contributed by atoms with E-state index in [9.17, 15) is 26.8 Å². The fourth-order valence-corrected chi connectivity index (χ4v) is 5.66. The van der Waals surface area contributed by atoms with Crippen molar-refractivity contribution >= 4 is 39.4 Å². The van der Waals surface area contributed by atoms with E-state index in [1.165, 1.54) is 36.1 Å². The van der Waals surface area contributed by atoms with Gasteiger partial charge < -0.3 is 14.7 Å². The molecule has 2 aromatic rings. The number of hydrogen-bond donors (Lipinski definition) is 1. The van der Waals surface area contributed by atoms with Crippen molar-refractivity contribution < 1.29 is 36.6 Å². The van der Waals surface area contributed by atoms with Crippen LogP contribution < -0.4 is 4.31 Å². The second kappa shape index (κ2) is 11.2. The van der Waals surface area contributed by atoms with Crippen LogP contribution in [0, 0.1) is 17.6 Å². The molecule has 2 aromatic carbocycles. The summed E-state index contributed by atoms with van der Waals surface area (Å²) in [7, 11) is -4.39. The maximum absolute atomic E-state index is 14.7. The zero-order chi connectivity index (χ0) is 25.8. The van der Waals surface area contributed by atoms with Crippen molar-refractivity contribution in [3.63, 3.8) is 0 Å². The van der Waals surface area contributed by atoms with Crippen LogP contribution in [0.4, 0.5) is 19.3 Å². The van der Waals surface area contributed by atoms with Crippen LogP contribution in [0.5, 0.6) is 0 Å². The molecular weight excluding hydrogens is 506 g/mol. The Morgan fingerprint density at radius 2 is 1.80 bits per heavy atom. The van der Waals surface area contributed by atoms with E-state index in [4.69, 9.17) is 21.4 Å². The molecule has 3 rings (SSSR count). The highest BCUT2D eigenvalue weighted by atomic mass is 35.5. The van der Waals surface area contributed by atoms with Gasteiger partial charge in [0.15, 0.2) is 0 Å². The first-order chi connectivity index (χ1) is 16.5. The largest absolute Gasteiger partial charge is 0.481 e. The minimum atomic E-state index is -4.39. The molecule has 1 aliphatic heterocycles. The third kappa shape index (κ3) is 6.61. The van der Waals surface area contributed by atoms with Crippen LogP contribution in [0.15, 0.2) is 47.4 Å². The molecule has 1 heterocycles. The van der Waals surface area contributed by atoms with Crippen LogP contribution >= 0.6 is 11.6 Å². The summed E-state index contributed by atoms with van der Waals surface area (Å²) >= 11 is 5.85. The van der Waals surface area contributed by atoms with Crippen LogP contribution in [-0.2, 0) is 19.6 Å². The fourth-order valence-electron chi connectivity index (χ4n) is 3.90. The first-order valence-corrected chi connectivity index (χ1v) is 12.7. The Morgan fingerprint density at radius 1 is 1.17 bits per heavy atom. The third-order valence-corrected chi connectivity index (χ3v) is 7.89. The van der Waals surface area contributed by atoms with Crippen LogP contribution in [0.3, 0.4) is 0 Å². The summed E-state index contributed by atoms with van der Waals surface area (Å²) in [4.78, 5) is 24.6. The highest BCUT2D eigenvalue weighted by Gasteiger charge is 2.33. The number of rotatable bonds is 8. The van der Waals surface area contributed by atoms with Crippen molar-refractivity contribution in [2.45, 2.75) is 37.1 Å². The highest BCUT2D eigenvalue weighted by molar-refractivity contribution is 7.92. The Balaban J connectivity index is 1.78. The minimum absolute atomic E-state index is 0.0244. The molecule has 190 valence electrons. The summed E-state index contributed by atoms with van der Waals surface area (Å²) in [6.07, 6.45) is 0.330. The predicted octanol–water partition coefficient (Wildman–Crippen LogP) is 4.53. The number of halogens is 3. The van der Waals surface area contributed by atoms with Crippen LogP contribution in [0.25, 0.3) is 0 Å². The van der Waals surface area contributed by atoms with Crippen molar-refractivity contribution in [1.82, 2.24) is 4.90 Å². The quantitative estimate of drug-likeness (QED) is 0.538. The molecule has 0 aromatic heterocycles. The number of aliphatic carboxylic acids is 1. The summed E-state index contributed by atoms with van der Waals surface area (Å²) in [6, 6.07) is 6.53. The number of piperidine rings is 1. The molecule has 1 amide bonds. The Labute approximate surface area is 207 Å². The van der Waals surface area contributed by atoms with Gasteiger partial charge in [-0.3, -0.25) is 9.10 Å². The molecule has 8 nitrogen and oxygen atoms in total. The lowest BCUT2D eigenvalue weighted by atomic mass is 9.94. The summed E-state index contributed by atoms with van der Waals surface area (Å²) in [5, 5.41) is 9.21. The van der Waals surface area contributed by atoms with E-state index in [-0.39, 0.29) is 17.2 Å². The number of likely N-dealkylation sites (tertiary alicyclic amines) is 1. The molecule has 0 aliphatic carbocycles. The SMILES string of the molecule is C[C@@H](COC(=O)N1CCC(CC(=O)O)CC1)N(c1cc(F)ccc1F)S(=O)(=O)c1ccc(Cl)cc1. The zero-order valence-corrected chi connectivity index (χ0v) is 20.4. The number of benzene rings is 2. The van der Waals surface area contributed by atoms with Crippen molar-refractivity contribution in [2.24, 2.45) is 5.92 Å². The average Bonchev–Trinajstić information content (AvgIpc) is 2.80. The minimum Gasteiger partial charge on any atom is -0.481 e. The fraction of sp³-hybridized carbons (Fsp3) is 0.391. The Hall–Kier alpha value is -2.92. The van der Waals surface area contributed by atoms with Gasteiger partial charge in [0.1, 0.15) is 18.2 Å². The Kier molecular flexibility index (Phi) is 8.55. The lowest BCUT2D eigenvalue weighted by Crippen LogP contribution is -2.44. The van der Waals surface area contributed by atoms with E-state index in [1.54, 1.807) is 0 Å². The molecule has 0 unspecified atom stereocenters. The molecular formula is C23H25ClF2N2O6S. The van der Waals surface area contributed by atoms with Crippen LogP contribution in [-0.4, -0.2) is 56.2 Å². The number of carboxylic acids is 1. The van der Waals surface area contributed by atoms with Crippen LogP contribution in [0.1, 0.15) is 26.2 Å². The van der Waals surface area contributed by atoms with E-state index in [2.05, 4.69) is 0 Å². The van der Waals surface area contributed by atoms with Gasteiger partial charge in [0.25, 0.3) is 10.0 Å². The van der Waals surface area contributed by atoms with Gasteiger partial charge in [-0.15, -0.1) is 0 Å². The number of nitrogens with zero attached hydrogens (tertiary/aromatic N) is 2. The number of carboxylic acid groups (broad SMARTS) is 1. The van der Waals surface area contributed by atoms with Gasteiger partial charge in [0.05, 0.1) is 16.6 Å². The van der Waals surface area contributed by atoms with Crippen molar-refractivity contribution in [3.05, 3.63) is 59.1 Å². The smallest absolute Gasteiger partial charge is 0.409 e. The van der Waals surface area contributed by atoms with Gasteiger partial charge in [-0.05, 0) is 62.1 Å². The summed E-state index contributed by atoms with van der Waals surface area (Å²) in [5.74, 6) is -2.74. The molecule has 0 spiro atoms.